The number of esters is 1. The third kappa shape index (κ3) is 4.68. The minimum Gasteiger partial charge on any atom is -0.466 e. The zero-order valence-electron chi connectivity index (χ0n) is 15.2. The summed E-state index contributed by atoms with van der Waals surface area (Å²) in [5, 5.41) is 7.12. The van der Waals surface area contributed by atoms with Gasteiger partial charge in [-0.3, -0.25) is 14.3 Å². The van der Waals surface area contributed by atoms with Crippen LogP contribution in [0.2, 0.25) is 0 Å². The van der Waals surface area contributed by atoms with E-state index in [1.807, 2.05) is 37.3 Å². The van der Waals surface area contributed by atoms with Crippen LogP contribution in [0.25, 0.3) is 0 Å². The highest BCUT2D eigenvalue weighted by atomic mass is 16.5. The number of amides is 1. The number of nitrogens with one attached hydrogen (secondary N) is 1. The van der Waals surface area contributed by atoms with Crippen LogP contribution >= 0.6 is 0 Å². The fourth-order valence-electron chi connectivity index (χ4n) is 2.80. The lowest BCUT2D eigenvalue weighted by molar-refractivity contribution is -0.147. The Bertz CT molecular complexity index is 738. The number of aryl methyl sites for hydroxylation is 2. The van der Waals surface area contributed by atoms with Crippen molar-refractivity contribution in [2.24, 2.45) is 13.0 Å². The van der Waals surface area contributed by atoms with Crippen molar-refractivity contribution in [1.82, 2.24) is 15.1 Å². The number of nitrogens with zero attached hydrogens (tertiary/aromatic N) is 2. The summed E-state index contributed by atoms with van der Waals surface area (Å²) >= 11 is 0. The molecule has 1 N–H and O–H groups in total. The van der Waals surface area contributed by atoms with Crippen molar-refractivity contribution in [3.8, 4) is 0 Å². The Hall–Kier alpha value is -2.63. The first-order chi connectivity index (χ1) is 11.9. The van der Waals surface area contributed by atoms with Gasteiger partial charge in [0, 0.05) is 19.3 Å². The van der Waals surface area contributed by atoms with E-state index < -0.39 is 5.92 Å². The van der Waals surface area contributed by atoms with Crippen molar-refractivity contribution in [3.05, 3.63) is 52.8 Å². The monoisotopic (exact) mass is 343 g/mol. The van der Waals surface area contributed by atoms with Crippen LogP contribution in [-0.4, -0.2) is 34.8 Å². The quantitative estimate of drug-likeness (QED) is 0.782. The molecule has 1 heterocycles. The van der Waals surface area contributed by atoms with Crippen molar-refractivity contribution >= 4 is 11.9 Å². The van der Waals surface area contributed by atoms with Crippen molar-refractivity contribution < 1.29 is 14.3 Å². The van der Waals surface area contributed by atoms with E-state index in [0.717, 1.165) is 11.3 Å². The molecule has 0 saturated carbocycles. The van der Waals surface area contributed by atoms with Crippen LogP contribution in [0.3, 0.4) is 0 Å². The molecule has 0 saturated heterocycles. The summed E-state index contributed by atoms with van der Waals surface area (Å²) in [6.45, 7) is 5.97. The molecule has 0 aliphatic heterocycles. The smallest absolute Gasteiger partial charge is 0.311 e. The Morgan fingerprint density at radius 3 is 2.48 bits per heavy atom. The zero-order chi connectivity index (χ0) is 18.4. The molecule has 0 unspecified atom stereocenters. The van der Waals surface area contributed by atoms with Gasteiger partial charge in [-0.1, -0.05) is 30.3 Å². The van der Waals surface area contributed by atoms with Gasteiger partial charge in [0.15, 0.2) is 0 Å². The van der Waals surface area contributed by atoms with Gasteiger partial charge in [0.1, 0.15) is 0 Å². The van der Waals surface area contributed by atoms with Gasteiger partial charge in [-0.05, 0) is 32.8 Å². The molecular formula is C19H25N3O3. The lowest BCUT2D eigenvalue weighted by Gasteiger charge is -2.16. The van der Waals surface area contributed by atoms with Crippen LogP contribution < -0.4 is 5.32 Å². The van der Waals surface area contributed by atoms with E-state index in [4.69, 9.17) is 4.74 Å². The number of carbonyl (C=O) groups excluding carboxylic acids is 2. The summed E-state index contributed by atoms with van der Waals surface area (Å²) in [6, 6.07) is 9.71. The Kier molecular flexibility index (Phi) is 6.33. The minimum atomic E-state index is -0.427. The second-order valence-corrected chi connectivity index (χ2v) is 6.02. The first kappa shape index (κ1) is 18.7. The number of ether oxygens (including phenoxy) is 1. The maximum absolute atomic E-state index is 12.5. The Labute approximate surface area is 148 Å². The predicted octanol–water partition coefficient (Wildman–Crippen LogP) is 2.19. The van der Waals surface area contributed by atoms with Gasteiger partial charge in [-0.25, -0.2) is 0 Å². The topological polar surface area (TPSA) is 73.2 Å². The van der Waals surface area contributed by atoms with E-state index in [1.165, 1.54) is 0 Å². The molecule has 6 nitrogen and oxygen atoms in total. The summed E-state index contributed by atoms with van der Waals surface area (Å²) < 4.78 is 6.84. The number of aromatic nitrogens is 2. The average Bonchev–Trinajstić information content (AvgIpc) is 2.84. The first-order valence-electron chi connectivity index (χ1n) is 8.43. The Morgan fingerprint density at radius 1 is 1.24 bits per heavy atom. The lowest BCUT2D eigenvalue weighted by Crippen LogP contribution is -2.35. The zero-order valence-corrected chi connectivity index (χ0v) is 15.2. The third-order valence-electron chi connectivity index (χ3n) is 4.19. The molecule has 6 heteroatoms. The SMILES string of the molecule is CCOC(=O)[C@@H](CNC(=O)c1c(C)nn(C)c1C)Cc1ccccc1. The van der Waals surface area contributed by atoms with E-state index in [0.29, 0.717) is 24.3 Å². The second-order valence-electron chi connectivity index (χ2n) is 6.02. The van der Waals surface area contributed by atoms with Gasteiger partial charge in [0.2, 0.25) is 0 Å². The number of carbonyl (C=O) groups is 2. The molecular weight excluding hydrogens is 318 g/mol. The van der Waals surface area contributed by atoms with Crippen molar-refractivity contribution in [3.63, 3.8) is 0 Å². The fourth-order valence-corrected chi connectivity index (χ4v) is 2.80. The number of benzene rings is 1. The molecule has 1 aromatic heterocycles. The van der Waals surface area contributed by atoms with Gasteiger partial charge < -0.3 is 10.1 Å². The first-order valence-corrected chi connectivity index (χ1v) is 8.43. The molecule has 1 atom stereocenters. The lowest BCUT2D eigenvalue weighted by atomic mass is 9.99. The number of rotatable bonds is 7. The molecule has 0 bridgehead atoms. The number of hydrogen-bond acceptors (Lipinski definition) is 4. The van der Waals surface area contributed by atoms with Gasteiger partial charge in [0.05, 0.1) is 23.8 Å². The van der Waals surface area contributed by atoms with Gasteiger partial charge in [-0.15, -0.1) is 0 Å². The summed E-state index contributed by atoms with van der Waals surface area (Å²) in [4.78, 5) is 24.8. The van der Waals surface area contributed by atoms with E-state index in [1.54, 1.807) is 25.6 Å². The Balaban J connectivity index is 2.08. The molecule has 2 rings (SSSR count). The largest absolute Gasteiger partial charge is 0.466 e. The van der Waals surface area contributed by atoms with Crippen LogP contribution in [0.4, 0.5) is 0 Å². The molecule has 0 aliphatic rings. The van der Waals surface area contributed by atoms with E-state index >= 15 is 0 Å². The highest BCUT2D eigenvalue weighted by Crippen LogP contribution is 2.13. The second kappa shape index (κ2) is 8.46. The highest BCUT2D eigenvalue weighted by molar-refractivity contribution is 5.96. The minimum absolute atomic E-state index is 0.217. The third-order valence-corrected chi connectivity index (χ3v) is 4.19. The van der Waals surface area contributed by atoms with E-state index in [-0.39, 0.29) is 18.4 Å². The van der Waals surface area contributed by atoms with Crippen LogP contribution in [0.1, 0.15) is 34.2 Å². The molecule has 25 heavy (non-hydrogen) atoms. The maximum Gasteiger partial charge on any atom is 0.311 e. The van der Waals surface area contributed by atoms with Gasteiger partial charge in [0.25, 0.3) is 5.91 Å². The van der Waals surface area contributed by atoms with Gasteiger partial charge in [-0.2, -0.15) is 5.10 Å². The molecule has 0 spiro atoms. The standard InChI is InChI=1S/C19H25N3O3/c1-5-25-19(24)16(11-15-9-7-6-8-10-15)12-20-18(23)17-13(2)21-22(4)14(17)3/h6-10,16H,5,11-12H2,1-4H3,(H,20,23)/t16-/m1/s1. The molecule has 0 radical (unpaired) electrons. The van der Waals surface area contributed by atoms with Crippen LogP contribution in [0.5, 0.6) is 0 Å². The molecule has 0 fully saturated rings. The van der Waals surface area contributed by atoms with Crippen molar-refractivity contribution in [1.29, 1.82) is 0 Å². The van der Waals surface area contributed by atoms with Crippen LogP contribution in [0.15, 0.2) is 30.3 Å². The normalized spacial score (nSPS) is 11.8. The fraction of sp³-hybridized carbons (Fsp3) is 0.421. The summed E-state index contributed by atoms with van der Waals surface area (Å²) in [6.07, 6.45) is 0.519. The summed E-state index contributed by atoms with van der Waals surface area (Å²) in [7, 11) is 1.80. The average molecular weight is 343 g/mol. The maximum atomic E-state index is 12.5. The summed E-state index contributed by atoms with van der Waals surface area (Å²) in [5.74, 6) is -0.944. The summed E-state index contributed by atoms with van der Waals surface area (Å²) in [5.41, 5.74) is 3.06. The highest BCUT2D eigenvalue weighted by Gasteiger charge is 2.23. The molecule has 1 amide bonds. The molecule has 1 aromatic carbocycles. The molecule has 134 valence electrons. The van der Waals surface area contributed by atoms with Crippen molar-refractivity contribution in [2.45, 2.75) is 27.2 Å². The van der Waals surface area contributed by atoms with Crippen LogP contribution in [0, 0.1) is 19.8 Å². The molecule has 2 aromatic rings. The van der Waals surface area contributed by atoms with E-state index in [9.17, 15) is 9.59 Å². The van der Waals surface area contributed by atoms with Gasteiger partial charge >= 0.3 is 5.97 Å². The van der Waals surface area contributed by atoms with Crippen molar-refractivity contribution in [2.75, 3.05) is 13.2 Å². The van der Waals surface area contributed by atoms with E-state index in [2.05, 4.69) is 10.4 Å². The molecule has 0 aliphatic carbocycles. The predicted molar refractivity (Wildman–Crippen MR) is 95.3 cm³/mol. The Morgan fingerprint density at radius 2 is 1.92 bits per heavy atom. The van der Waals surface area contributed by atoms with Crippen LogP contribution in [-0.2, 0) is 23.0 Å². The number of hydrogen-bond donors (Lipinski definition) is 1.